The van der Waals surface area contributed by atoms with Crippen LogP contribution in [-0.4, -0.2) is 44.5 Å². The molecule has 0 amide bonds. The minimum atomic E-state index is -0.707. The molecule has 0 aliphatic heterocycles. The fraction of sp³-hybridized carbons (Fsp3) is 0.714. The first kappa shape index (κ1) is 17.1. The van der Waals surface area contributed by atoms with Crippen LogP contribution in [0.5, 0.6) is 0 Å². The molecule has 0 aliphatic rings. The molecule has 5 nitrogen and oxygen atoms in total. The molecule has 0 radical (unpaired) electrons. The zero-order valence-corrected chi connectivity index (χ0v) is 13.4. The van der Waals surface area contributed by atoms with Crippen molar-refractivity contribution in [3.8, 4) is 0 Å². The van der Waals surface area contributed by atoms with Gasteiger partial charge in [-0.3, -0.25) is 4.79 Å². The topological polar surface area (TPSA) is 57.7 Å². The van der Waals surface area contributed by atoms with Crippen LogP contribution in [-0.2, 0) is 30.8 Å². The maximum atomic E-state index is 11.9. The number of carbonyl (C=O) groups excluding carboxylic acids is 1. The lowest BCUT2D eigenvalue weighted by Gasteiger charge is -2.19. The Kier molecular flexibility index (Phi) is 7.12. The van der Waals surface area contributed by atoms with Gasteiger partial charge in [0, 0.05) is 18.9 Å². The normalized spacial score (nSPS) is 11.6. The molecule has 0 spiro atoms. The van der Waals surface area contributed by atoms with E-state index in [0.29, 0.717) is 26.4 Å². The lowest BCUT2D eigenvalue weighted by molar-refractivity contribution is -0.148. The summed E-state index contributed by atoms with van der Waals surface area (Å²) in [6, 6.07) is 0. The van der Waals surface area contributed by atoms with E-state index in [0.717, 1.165) is 17.1 Å². The number of nitrogens with zero attached hydrogens (tertiary/aromatic N) is 1. The van der Waals surface area contributed by atoms with Crippen LogP contribution in [0.4, 0.5) is 0 Å². The van der Waals surface area contributed by atoms with Crippen LogP contribution in [0.3, 0.4) is 0 Å². The summed E-state index contributed by atoms with van der Waals surface area (Å²) in [5, 5.41) is 2.89. The van der Waals surface area contributed by atoms with Crippen molar-refractivity contribution < 1.29 is 19.0 Å². The molecule has 6 heteroatoms. The number of hydrogen-bond donors (Lipinski definition) is 0. The Morgan fingerprint density at radius 1 is 1.35 bits per heavy atom. The monoisotopic (exact) mass is 301 g/mol. The third kappa shape index (κ3) is 4.85. The van der Waals surface area contributed by atoms with E-state index in [1.807, 2.05) is 19.2 Å². The number of rotatable bonds is 9. The summed E-state index contributed by atoms with van der Waals surface area (Å²) in [7, 11) is 1.65. The number of aromatic nitrogens is 1. The summed E-state index contributed by atoms with van der Waals surface area (Å²) in [5.41, 5.74) is 0.0506. The van der Waals surface area contributed by atoms with Gasteiger partial charge in [0.2, 0.25) is 0 Å². The molecule has 0 unspecified atom stereocenters. The van der Waals surface area contributed by atoms with Crippen LogP contribution >= 0.6 is 11.3 Å². The molecule has 0 aliphatic carbocycles. The van der Waals surface area contributed by atoms with Crippen molar-refractivity contribution in [3.63, 3.8) is 0 Å². The highest BCUT2D eigenvalue weighted by Crippen LogP contribution is 2.26. The van der Waals surface area contributed by atoms with Gasteiger partial charge in [-0.05, 0) is 20.8 Å². The van der Waals surface area contributed by atoms with Crippen LogP contribution < -0.4 is 0 Å². The Bertz CT molecular complexity index is 417. The summed E-state index contributed by atoms with van der Waals surface area (Å²) < 4.78 is 15.4. The molecular weight excluding hydrogens is 278 g/mol. The third-order valence-corrected chi connectivity index (χ3v) is 3.78. The van der Waals surface area contributed by atoms with Gasteiger partial charge in [0.25, 0.3) is 0 Å². The molecule has 0 fully saturated rings. The molecule has 1 aromatic rings. The van der Waals surface area contributed by atoms with Crippen molar-refractivity contribution in [1.82, 2.24) is 4.98 Å². The van der Waals surface area contributed by atoms with E-state index in [-0.39, 0.29) is 5.97 Å². The average Bonchev–Trinajstić information content (AvgIpc) is 2.88. The second kappa shape index (κ2) is 8.34. The van der Waals surface area contributed by atoms with Crippen LogP contribution in [0.2, 0.25) is 0 Å². The van der Waals surface area contributed by atoms with Gasteiger partial charge in [0.1, 0.15) is 5.41 Å². The Morgan fingerprint density at radius 3 is 2.75 bits per heavy atom. The lowest BCUT2D eigenvalue weighted by atomic mass is 9.90. The van der Waals surface area contributed by atoms with Crippen molar-refractivity contribution in [3.05, 3.63) is 16.1 Å². The number of hydrogen-bond acceptors (Lipinski definition) is 6. The van der Waals surface area contributed by atoms with E-state index in [4.69, 9.17) is 14.2 Å². The summed E-state index contributed by atoms with van der Waals surface area (Å²) >= 11 is 1.55. The predicted octanol–water partition coefficient (Wildman–Crippen LogP) is 2.19. The van der Waals surface area contributed by atoms with Crippen molar-refractivity contribution in [2.24, 2.45) is 0 Å². The van der Waals surface area contributed by atoms with Crippen LogP contribution in [0, 0.1) is 0 Å². The molecule has 1 aromatic heterocycles. The standard InChI is InChI=1S/C14H23NO4S/c1-5-19-13(16)14(2,3)11-10-20-12(15-11)6-7-18-9-8-17-4/h10H,5-9H2,1-4H3. The Labute approximate surface area is 124 Å². The van der Waals surface area contributed by atoms with Crippen LogP contribution in [0.15, 0.2) is 5.38 Å². The van der Waals surface area contributed by atoms with Gasteiger partial charge in [-0.15, -0.1) is 11.3 Å². The van der Waals surface area contributed by atoms with Crippen LogP contribution in [0.25, 0.3) is 0 Å². The first-order valence-corrected chi connectivity index (χ1v) is 7.59. The van der Waals surface area contributed by atoms with Crippen LogP contribution in [0.1, 0.15) is 31.5 Å². The maximum absolute atomic E-state index is 11.9. The van der Waals surface area contributed by atoms with Crippen molar-refractivity contribution in [1.29, 1.82) is 0 Å². The first-order chi connectivity index (χ1) is 9.52. The summed E-state index contributed by atoms with van der Waals surface area (Å²) in [5.74, 6) is -0.242. The van der Waals surface area contributed by atoms with Gasteiger partial charge in [-0.1, -0.05) is 0 Å². The highest BCUT2D eigenvalue weighted by molar-refractivity contribution is 7.09. The number of methoxy groups -OCH3 is 1. The molecule has 0 saturated carbocycles. The molecule has 0 aromatic carbocycles. The molecule has 1 heterocycles. The fourth-order valence-corrected chi connectivity index (χ4v) is 2.48. The van der Waals surface area contributed by atoms with Gasteiger partial charge >= 0.3 is 5.97 Å². The van der Waals surface area contributed by atoms with Gasteiger partial charge in [-0.25, -0.2) is 4.98 Å². The first-order valence-electron chi connectivity index (χ1n) is 6.71. The molecule has 0 atom stereocenters. The van der Waals surface area contributed by atoms with Crippen molar-refractivity contribution in [2.45, 2.75) is 32.6 Å². The fourth-order valence-electron chi connectivity index (χ4n) is 1.53. The largest absolute Gasteiger partial charge is 0.465 e. The Morgan fingerprint density at radius 2 is 2.10 bits per heavy atom. The second-order valence-electron chi connectivity index (χ2n) is 4.83. The zero-order chi connectivity index (χ0) is 15.0. The van der Waals surface area contributed by atoms with E-state index >= 15 is 0 Å². The molecule has 20 heavy (non-hydrogen) atoms. The summed E-state index contributed by atoms with van der Waals surface area (Å²) in [6.45, 7) is 7.64. The van der Waals surface area contributed by atoms with E-state index in [9.17, 15) is 4.79 Å². The van der Waals surface area contributed by atoms with Gasteiger partial charge < -0.3 is 14.2 Å². The average molecular weight is 301 g/mol. The molecular formula is C14H23NO4S. The highest BCUT2D eigenvalue weighted by atomic mass is 32.1. The smallest absolute Gasteiger partial charge is 0.317 e. The highest BCUT2D eigenvalue weighted by Gasteiger charge is 2.33. The van der Waals surface area contributed by atoms with Crippen molar-refractivity contribution >= 4 is 17.3 Å². The predicted molar refractivity (Wildman–Crippen MR) is 78.2 cm³/mol. The molecule has 0 N–H and O–H groups in total. The lowest BCUT2D eigenvalue weighted by Crippen LogP contribution is -2.31. The van der Waals surface area contributed by atoms with E-state index < -0.39 is 5.41 Å². The number of esters is 1. The van der Waals surface area contributed by atoms with E-state index in [1.54, 1.807) is 25.4 Å². The van der Waals surface area contributed by atoms with E-state index in [1.165, 1.54) is 0 Å². The number of ether oxygens (including phenoxy) is 3. The third-order valence-electron chi connectivity index (χ3n) is 2.87. The molecule has 114 valence electrons. The quantitative estimate of drug-likeness (QED) is 0.517. The van der Waals surface area contributed by atoms with Gasteiger partial charge in [-0.2, -0.15) is 0 Å². The van der Waals surface area contributed by atoms with E-state index in [2.05, 4.69) is 4.98 Å². The summed E-state index contributed by atoms with van der Waals surface area (Å²) in [4.78, 5) is 16.4. The second-order valence-corrected chi connectivity index (χ2v) is 5.77. The van der Waals surface area contributed by atoms with Gasteiger partial charge in [0.15, 0.2) is 0 Å². The Hall–Kier alpha value is -0.980. The molecule has 0 bridgehead atoms. The zero-order valence-electron chi connectivity index (χ0n) is 12.6. The minimum absolute atomic E-state index is 0.242. The maximum Gasteiger partial charge on any atom is 0.317 e. The van der Waals surface area contributed by atoms with Crippen molar-refractivity contribution in [2.75, 3.05) is 33.5 Å². The molecule has 0 saturated heterocycles. The Balaban J connectivity index is 2.51. The minimum Gasteiger partial charge on any atom is -0.465 e. The summed E-state index contributed by atoms with van der Waals surface area (Å²) in [6.07, 6.45) is 0.743. The van der Waals surface area contributed by atoms with Gasteiger partial charge in [0.05, 0.1) is 37.1 Å². The SMILES string of the molecule is CCOC(=O)C(C)(C)c1csc(CCOCCOC)n1. The number of carbonyl (C=O) groups is 1. The number of thiazole rings is 1. The molecule has 1 rings (SSSR count).